The van der Waals surface area contributed by atoms with Crippen molar-refractivity contribution in [1.29, 1.82) is 0 Å². The Morgan fingerprint density at radius 3 is 2.62 bits per heavy atom. The highest BCUT2D eigenvalue weighted by Crippen LogP contribution is 2.08. The van der Waals surface area contributed by atoms with Crippen LogP contribution in [0.2, 0.25) is 0 Å². The lowest BCUT2D eigenvalue weighted by atomic mass is 10.1. The number of amides is 1. The van der Waals surface area contributed by atoms with Gasteiger partial charge in [-0.2, -0.15) is 0 Å². The zero-order chi connectivity index (χ0) is 9.68. The minimum Gasteiger partial charge on any atom is -0.326 e. The number of carbonyl (C=O) groups excluding carboxylic acids is 1. The molecule has 0 aliphatic rings. The van der Waals surface area contributed by atoms with Crippen molar-refractivity contribution in [3.63, 3.8) is 0 Å². The summed E-state index contributed by atoms with van der Waals surface area (Å²) in [7, 11) is 0. The van der Waals surface area contributed by atoms with E-state index >= 15 is 0 Å². The number of nitrogens with one attached hydrogen (secondary N) is 1. The summed E-state index contributed by atoms with van der Waals surface area (Å²) in [5.41, 5.74) is 0.828. The first-order valence-electron chi connectivity index (χ1n) is 4.43. The van der Waals surface area contributed by atoms with Gasteiger partial charge in [-0.1, -0.05) is 25.1 Å². The van der Waals surface area contributed by atoms with Crippen LogP contribution in [0.4, 0.5) is 5.69 Å². The lowest BCUT2D eigenvalue weighted by molar-refractivity contribution is -0.118. The van der Waals surface area contributed by atoms with E-state index in [2.05, 4.69) is 12.2 Å². The third-order valence-corrected chi connectivity index (χ3v) is 1.90. The van der Waals surface area contributed by atoms with Crippen LogP contribution in [0.25, 0.3) is 0 Å². The Morgan fingerprint density at radius 2 is 2.08 bits per heavy atom. The molecule has 2 heteroatoms. The van der Waals surface area contributed by atoms with E-state index in [9.17, 15) is 4.79 Å². The first-order chi connectivity index (χ1) is 6.24. The largest absolute Gasteiger partial charge is 0.326 e. The summed E-state index contributed by atoms with van der Waals surface area (Å²) >= 11 is 0. The van der Waals surface area contributed by atoms with Crippen LogP contribution >= 0.6 is 0 Å². The van der Waals surface area contributed by atoms with Crippen LogP contribution in [-0.2, 0) is 4.79 Å². The molecule has 0 spiro atoms. The van der Waals surface area contributed by atoms with E-state index in [1.165, 1.54) is 0 Å². The summed E-state index contributed by atoms with van der Waals surface area (Å²) in [6, 6.07) is 9.41. The minimum absolute atomic E-state index is 0.0197. The molecule has 69 valence electrons. The summed E-state index contributed by atoms with van der Waals surface area (Å²) in [6.07, 6.45) is 0.763. The smallest absolute Gasteiger partial charge is 0.227 e. The molecule has 0 saturated carbocycles. The van der Waals surface area contributed by atoms with E-state index < -0.39 is 0 Å². The highest BCUT2D eigenvalue weighted by Gasteiger charge is 2.09. The Kier molecular flexibility index (Phi) is 3.50. The first-order valence-corrected chi connectivity index (χ1v) is 4.43. The Balaban J connectivity index is 2.55. The van der Waals surface area contributed by atoms with Crippen molar-refractivity contribution < 1.29 is 4.79 Å². The van der Waals surface area contributed by atoms with Gasteiger partial charge in [-0.05, 0) is 25.5 Å². The molecule has 0 saturated heterocycles. The van der Waals surface area contributed by atoms with E-state index in [1.54, 1.807) is 0 Å². The molecular formula is C11H14NO. The number of anilines is 1. The van der Waals surface area contributed by atoms with Gasteiger partial charge in [0, 0.05) is 11.6 Å². The highest BCUT2D eigenvalue weighted by atomic mass is 16.1. The maximum atomic E-state index is 11.4. The summed E-state index contributed by atoms with van der Waals surface area (Å²) in [5, 5.41) is 2.79. The summed E-state index contributed by atoms with van der Waals surface area (Å²) < 4.78 is 0. The second-order valence-corrected chi connectivity index (χ2v) is 2.96. The van der Waals surface area contributed by atoms with Gasteiger partial charge in [0.25, 0.3) is 0 Å². The number of hydrogen-bond donors (Lipinski definition) is 1. The Morgan fingerprint density at radius 1 is 1.46 bits per heavy atom. The molecule has 1 radical (unpaired) electrons. The van der Waals surface area contributed by atoms with Crippen LogP contribution in [0.3, 0.4) is 0 Å². The minimum atomic E-state index is -0.166. The fourth-order valence-electron chi connectivity index (χ4n) is 0.951. The van der Waals surface area contributed by atoms with Crippen LogP contribution < -0.4 is 5.32 Å². The molecule has 0 bridgehead atoms. The number of para-hydroxylation sites is 1. The van der Waals surface area contributed by atoms with Gasteiger partial charge in [-0.3, -0.25) is 4.79 Å². The zero-order valence-corrected chi connectivity index (χ0v) is 7.79. The van der Waals surface area contributed by atoms with Gasteiger partial charge >= 0.3 is 0 Å². The lowest BCUT2D eigenvalue weighted by Gasteiger charge is -2.09. The molecule has 0 aliphatic heterocycles. The molecule has 1 amide bonds. The van der Waals surface area contributed by atoms with Crippen molar-refractivity contribution in [2.24, 2.45) is 5.92 Å². The van der Waals surface area contributed by atoms with E-state index in [1.807, 2.05) is 37.3 Å². The fourth-order valence-corrected chi connectivity index (χ4v) is 0.951. The topological polar surface area (TPSA) is 29.1 Å². The monoisotopic (exact) mass is 176 g/mol. The molecule has 1 aromatic carbocycles. The van der Waals surface area contributed by atoms with Crippen molar-refractivity contribution in [3.05, 3.63) is 37.3 Å². The molecular weight excluding hydrogens is 162 g/mol. The molecule has 1 rings (SSSR count). The first kappa shape index (κ1) is 9.78. The maximum absolute atomic E-state index is 11.4. The number of hydrogen-bond acceptors (Lipinski definition) is 1. The van der Waals surface area contributed by atoms with E-state index in [0.29, 0.717) is 0 Å². The standard InChI is InChI=1S/C11H14NO/c1-3-9(2)11(13)12-10-7-5-4-6-8-10/h4-9H,2-3H2,1H3,(H,12,13). The van der Waals surface area contributed by atoms with Gasteiger partial charge in [0.2, 0.25) is 5.91 Å². The van der Waals surface area contributed by atoms with Crippen LogP contribution in [0, 0.1) is 12.8 Å². The molecule has 13 heavy (non-hydrogen) atoms. The average molecular weight is 176 g/mol. The van der Waals surface area contributed by atoms with E-state index in [0.717, 1.165) is 12.1 Å². The average Bonchev–Trinajstić information content (AvgIpc) is 2.18. The van der Waals surface area contributed by atoms with Gasteiger partial charge in [0.1, 0.15) is 0 Å². The summed E-state index contributed by atoms with van der Waals surface area (Å²) in [5.74, 6) is -0.186. The third-order valence-electron chi connectivity index (χ3n) is 1.90. The molecule has 2 nitrogen and oxygen atoms in total. The van der Waals surface area contributed by atoms with Crippen LogP contribution in [-0.4, -0.2) is 5.91 Å². The predicted molar refractivity (Wildman–Crippen MR) is 54.2 cm³/mol. The van der Waals surface area contributed by atoms with Gasteiger partial charge in [-0.25, -0.2) is 0 Å². The predicted octanol–water partition coefficient (Wildman–Crippen LogP) is 2.49. The second kappa shape index (κ2) is 4.65. The molecule has 0 fully saturated rings. The van der Waals surface area contributed by atoms with Crippen molar-refractivity contribution in [2.45, 2.75) is 13.3 Å². The Bertz CT molecular complexity index is 269. The van der Waals surface area contributed by atoms with Gasteiger partial charge in [0.05, 0.1) is 0 Å². The van der Waals surface area contributed by atoms with Gasteiger partial charge < -0.3 is 5.32 Å². The summed E-state index contributed by atoms with van der Waals surface area (Å²) in [6.45, 7) is 5.69. The molecule has 1 N–H and O–H groups in total. The van der Waals surface area contributed by atoms with Crippen molar-refractivity contribution in [1.82, 2.24) is 0 Å². The fraction of sp³-hybridized carbons (Fsp3) is 0.273. The lowest BCUT2D eigenvalue weighted by Crippen LogP contribution is -2.19. The number of carbonyl (C=O) groups is 1. The number of benzene rings is 1. The van der Waals surface area contributed by atoms with E-state index in [-0.39, 0.29) is 11.8 Å². The summed E-state index contributed by atoms with van der Waals surface area (Å²) in [4.78, 5) is 11.4. The van der Waals surface area contributed by atoms with E-state index in [4.69, 9.17) is 0 Å². The van der Waals surface area contributed by atoms with Crippen molar-refractivity contribution in [3.8, 4) is 0 Å². The SMILES string of the molecule is [CH2]C(CC)C(=O)Nc1ccccc1. The quantitative estimate of drug-likeness (QED) is 0.753. The van der Waals surface area contributed by atoms with Crippen molar-refractivity contribution >= 4 is 11.6 Å². The third kappa shape index (κ3) is 2.90. The zero-order valence-electron chi connectivity index (χ0n) is 7.79. The molecule has 1 unspecified atom stereocenters. The number of rotatable bonds is 3. The van der Waals surface area contributed by atoms with Crippen LogP contribution in [0.1, 0.15) is 13.3 Å². The van der Waals surface area contributed by atoms with Crippen molar-refractivity contribution in [2.75, 3.05) is 5.32 Å². The van der Waals surface area contributed by atoms with Crippen LogP contribution in [0.15, 0.2) is 30.3 Å². The molecule has 1 aromatic rings. The molecule has 1 atom stereocenters. The van der Waals surface area contributed by atoms with Gasteiger partial charge in [-0.15, -0.1) is 0 Å². The molecule has 0 heterocycles. The Hall–Kier alpha value is -1.31. The van der Waals surface area contributed by atoms with Crippen LogP contribution in [0.5, 0.6) is 0 Å². The Labute approximate surface area is 79.0 Å². The van der Waals surface area contributed by atoms with Gasteiger partial charge in [0.15, 0.2) is 0 Å². The normalized spacial score (nSPS) is 12.2. The molecule has 0 aliphatic carbocycles. The molecule has 0 aromatic heterocycles. The highest BCUT2D eigenvalue weighted by molar-refractivity contribution is 5.92. The second-order valence-electron chi connectivity index (χ2n) is 2.96. The maximum Gasteiger partial charge on any atom is 0.227 e.